The Morgan fingerprint density at radius 1 is 1.00 bits per heavy atom. The number of hydrogen-bond donors (Lipinski definition) is 1. The molecule has 0 unspecified atom stereocenters. The second-order valence-electron chi connectivity index (χ2n) is 4.23. The lowest BCUT2D eigenvalue weighted by molar-refractivity contribution is -0.115. The van der Waals surface area contributed by atoms with Crippen molar-refractivity contribution >= 4 is 49.5 Å². The van der Waals surface area contributed by atoms with Gasteiger partial charge in [0.05, 0.1) is 7.11 Å². The van der Waals surface area contributed by atoms with E-state index in [0.717, 1.165) is 14.5 Å². The third-order valence-corrected chi connectivity index (χ3v) is 3.77. The first-order valence-electron chi connectivity index (χ1n) is 6.16. The molecule has 1 amide bonds. The van der Waals surface area contributed by atoms with E-state index in [2.05, 4.69) is 37.2 Å². The Hall–Kier alpha value is -1.59. The number of benzene rings is 2. The van der Waals surface area contributed by atoms with Gasteiger partial charge in [0, 0.05) is 14.6 Å². The molecule has 0 aromatic heterocycles. The summed E-state index contributed by atoms with van der Waals surface area (Å²) in [5, 5.41) is 2.79. The number of amides is 1. The van der Waals surface area contributed by atoms with Crippen LogP contribution in [0.3, 0.4) is 0 Å². The fourth-order valence-electron chi connectivity index (χ4n) is 1.65. The number of rotatable bonds is 4. The standard InChI is InChI=1S/C16H13Br2NO2/c1-21-15(10-11-2-4-12(17)5-3-11)16(20)19-14-8-6-13(18)7-9-14/h2-10H,1H3,(H,19,20)/b15-10-. The van der Waals surface area contributed by atoms with Gasteiger partial charge in [-0.1, -0.05) is 44.0 Å². The number of ether oxygens (including phenoxy) is 1. The first kappa shape index (κ1) is 15.8. The molecule has 1 N–H and O–H groups in total. The summed E-state index contributed by atoms with van der Waals surface area (Å²) in [7, 11) is 1.48. The monoisotopic (exact) mass is 409 g/mol. The fraction of sp³-hybridized carbons (Fsp3) is 0.0625. The Morgan fingerprint density at radius 2 is 1.52 bits per heavy atom. The SMILES string of the molecule is CO/C(=C\c1ccc(Br)cc1)C(=O)Nc1ccc(Br)cc1. The Bertz CT molecular complexity index is 649. The summed E-state index contributed by atoms with van der Waals surface area (Å²) in [4.78, 5) is 12.2. The van der Waals surface area contributed by atoms with E-state index >= 15 is 0 Å². The van der Waals surface area contributed by atoms with Crippen LogP contribution < -0.4 is 5.32 Å². The number of anilines is 1. The lowest BCUT2D eigenvalue weighted by Crippen LogP contribution is -2.15. The minimum atomic E-state index is -0.289. The lowest BCUT2D eigenvalue weighted by atomic mass is 10.2. The van der Waals surface area contributed by atoms with Crippen LogP contribution in [0, 0.1) is 0 Å². The van der Waals surface area contributed by atoms with Crippen LogP contribution in [0.15, 0.2) is 63.2 Å². The molecule has 0 atom stereocenters. The summed E-state index contributed by atoms with van der Waals surface area (Å²) in [6.45, 7) is 0. The molecule has 2 rings (SSSR count). The van der Waals surface area contributed by atoms with Crippen molar-refractivity contribution in [2.24, 2.45) is 0 Å². The maximum atomic E-state index is 12.2. The molecule has 2 aromatic carbocycles. The summed E-state index contributed by atoms with van der Waals surface area (Å²) >= 11 is 6.72. The molecule has 108 valence electrons. The van der Waals surface area contributed by atoms with Gasteiger partial charge in [0.1, 0.15) is 0 Å². The fourth-order valence-corrected chi connectivity index (χ4v) is 2.18. The zero-order valence-electron chi connectivity index (χ0n) is 11.3. The normalized spacial score (nSPS) is 11.1. The van der Waals surface area contributed by atoms with Gasteiger partial charge in [-0.15, -0.1) is 0 Å². The van der Waals surface area contributed by atoms with Crippen molar-refractivity contribution in [3.8, 4) is 0 Å². The minimum absolute atomic E-state index is 0.250. The number of hydrogen-bond acceptors (Lipinski definition) is 2. The summed E-state index contributed by atoms with van der Waals surface area (Å²) in [6.07, 6.45) is 1.70. The van der Waals surface area contributed by atoms with Crippen molar-refractivity contribution in [3.63, 3.8) is 0 Å². The van der Waals surface area contributed by atoms with E-state index in [0.29, 0.717) is 5.69 Å². The average molecular weight is 411 g/mol. The molecule has 0 fully saturated rings. The average Bonchev–Trinajstić information content (AvgIpc) is 2.49. The Kier molecular flexibility index (Phi) is 5.59. The molecule has 0 saturated heterocycles. The van der Waals surface area contributed by atoms with Crippen LogP contribution in [0.5, 0.6) is 0 Å². The Labute approximate surface area is 140 Å². The van der Waals surface area contributed by atoms with Crippen LogP contribution in [0.1, 0.15) is 5.56 Å². The van der Waals surface area contributed by atoms with Crippen LogP contribution in [0.4, 0.5) is 5.69 Å². The molecule has 0 aliphatic carbocycles. The van der Waals surface area contributed by atoms with Crippen LogP contribution >= 0.6 is 31.9 Å². The van der Waals surface area contributed by atoms with Crippen LogP contribution in [0.2, 0.25) is 0 Å². The number of halogens is 2. The molecule has 0 spiro atoms. The second-order valence-corrected chi connectivity index (χ2v) is 6.06. The largest absolute Gasteiger partial charge is 0.491 e. The van der Waals surface area contributed by atoms with Gasteiger partial charge in [-0.25, -0.2) is 0 Å². The maximum Gasteiger partial charge on any atom is 0.290 e. The molecular weight excluding hydrogens is 398 g/mol. The van der Waals surface area contributed by atoms with E-state index in [9.17, 15) is 4.79 Å². The molecule has 21 heavy (non-hydrogen) atoms. The predicted octanol–water partition coefficient (Wildman–Crippen LogP) is 4.84. The lowest BCUT2D eigenvalue weighted by Gasteiger charge is -2.08. The highest BCUT2D eigenvalue weighted by molar-refractivity contribution is 9.10. The molecular formula is C16H13Br2NO2. The topological polar surface area (TPSA) is 38.3 Å². The molecule has 2 aromatic rings. The van der Waals surface area contributed by atoms with E-state index in [1.165, 1.54) is 7.11 Å². The van der Waals surface area contributed by atoms with Gasteiger partial charge in [0.2, 0.25) is 0 Å². The van der Waals surface area contributed by atoms with Crippen molar-refractivity contribution < 1.29 is 9.53 Å². The summed E-state index contributed by atoms with van der Waals surface area (Å²) in [5.74, 6) is -0.0389. The molecule has 5 heteroatoms. The summed E-state index contributed by atoms with van der Waals surface area (Å²) in [6, 6.07) is 15.0. The predicted molar refractivity (Wildman–Crippen MR) is 91.9 cm³/mol. The molecule has 0 aliphatic heterocycles. The zero-order chi connectivity index (χ0) is 15.2. The van der Waals surface area contributed by atoms with Gasteiger partial charge >= 0.3 is 0 Å². The van der Waals surface area contributed by atoms with Gasteiger partial charge in [0.15, 0.2) is 5.76 Å². The molecule has 0 heterocycles. The maximum absolute atomic E-state index is 12.2. The van der Waals surface area contributed by atoms with Gasteiger partial charge in [0.25, 0.3) is 5.91 Å². The van der Waals surface area contributed by atoms with Gasteiger partial charge < -0.3 is 10.1 Å². The summed E-state index contributed by atoms with van der Waals surface area (Å²) < 4.78 is 7.11. The number of carbonyl (C=O) groups excluding carboxylic acids is 1. The highest BCUT2D eigenvalue weighted by Gasteiger charge is 2.10. The smallest absolute Gasteiger partial charge is 0.290 e. The van der Waals surface area contributed by atoms with Crippen molar-refractivity contribution in [1.82, 2.24) is 0 Å². The van der Waals surface area contributed by atoms with Crippen LogP contribution in [0.25, 0.3) is 6.08 Å². The van der Waals surface area contributed by atoms with E-state index in [-0.39, 0.29) is 11.7 Å². The first-order valence-corrected chi connectivity index (χ1v) is 7.75. The Balaban J connectivity index is 2.14. The second kappa shape index (κ2) is 7.43. The van der Waals surface area contributed by atoms with Crippen LogP contribution in [-0.4, -0.2) is 13.0 Å². The van der Waals surface area contributed by atoms with E-state index in [1.807, 2.05) is 48.5 Å². The molecule has 0 radical (unpaired) electrons. The van der Waals surface area contributed by atoms with E-state index in [1.54, 1.807) is 6.08 Å². The number of carbonyl (C=O) groups is 1. The quantitative estimate of drug-likeness (QED) is 0.578. The summed E-state index contributed by atoms with van der Waals surface area (Å²) in [5.41, 5.74) is 1.60. The van der Waals surface area contributed by atoms with Crippen molar-refractivity contribution in [1.29, 1.82) is 0 Å². The minimum Gasteiger partial charge on any atom is -0.491 e. The van der Waals surface area contributed by atoms with Crippen LogP contribution in [-0.2, 0) is 9.53 Å². The first-order chi connectivity index (χ1) is 10.1. The highest BCUT2D eigenvalue weighted by Crippen LogP contribution is 2.17. The van der Waals surface area contributed by atoms with Crippen molar-refractivity contribution in [2.45, 2.75) is 0 Å². The molecule has 0 aliphatic rings. The Morgan fingerprint density at radius 3 is 2.05 bits per heavy atom. The van der Waals surface area contributed by atoms with Gasteiger partial charge in [-0.05, 0) is 48.0 Å². The van der Waals surface area contributed by atoms with Crippen molar-refractivity contribution in [2.75, 3.05) is 12.4 Å². The number of nitrogens with one attached hydrogen (secondary N) is 1. The van der Waals surface area contributed by atoms with Crippen molar-refractivity contribution in [3.05, 3.63) is 68.8 Å². The number of methoxy groups -OCH3 is 1. The molecule has 0 bridgehead atoms. The van der Waals surface area contributed by atoms with E-state index in [4.69, 9.17) is 4.74 Å². The third-order valence-electron chi connectivity index (χ3n) is 2.71. The molecule has 0 saturated carbocycles. The zero-order valence-corrected chi connectivity index (χ0v) is 14.4. The van der Waals surface area contributed by atoms with E-state index < -0.39 is 0 Å². The molecule has 3 nitrogen and oxygen atoms in total. The highest BCUT2D eigenvalue weighted by atomic mass is 79.9. The third kappa shape index (κ3) is 4.72. The van der Waals surface area contributed by atoms with Gasteiger partial charge in [-0.2, -0.15) is 0 Å². The van der Waals surface area contributed by atoms with Gasteiger partial charge in [-0.3, -0.25) is 4.79 Å².